The number of amides is 1. The average Bonchev–Trinajstić information content (AvgIpc) is 3.03. The molecule has 2 heterocycles. The van der Waals surface area contributed by atoms with E-state index in [-0.39, 0.29) is 11.8 Å². The Balaban J connectivity index is 1.71. The van der Waals surface area contributed by atoms with Crippen molar-refractivity contribution in [1.82, 2.24) is 25.9 Å². The summed E-state index contributed by atoms with van der Waals surface area (Å²) in [6, 6.07) is 7.44. The second kappa shape index (κ2) is 5.79. The minimum Gasteiger partial charge on any atom is -0.326 e. The molecular formula is C13H16N6O. The topological polar surface area (TPSA) is 95.6 Å². The van der Waals surface area contributed by atoms with Gasteiger partial charge >= 0.3 is 0 Å². The molecule has 1 aromatic heterocycles. The zero-order valence-corrected chi connectivity index (χ0v) is 11.0. The van der Waals surface area contributed by atoms with Crippen LogP contribution in [0.5, 0.6) is 0 Å². The third-order valence-electron chi connectivity index (χ3n) is 3.40. The van der Waals surface area contributed by atoms with Crippen LogP contribution in [0.4, 0.5) is 5.69 Å². The highest BCUT2D eigenvalue weighted by Crippen LogP contribution is 2.20. The van der Waals surface area contributed by atoms with E-state index in [2.05, 4.69) is 31.3 Å². The normalized spacial score (nSPS) is 18.7. The fourth-order valence-electron chi connectivity index (χ4n) is 2.34. The molecule has 20 heavy (non-hydrogen) atoms. The molecule has 1 aromatic carbocycles. The van der Waals surface area contributed by atoms with Crippen LogP contribution < -0.4 is 10.6 Å². The third kappa shape index (κ3) is 2.83. The van der Waals surface area contributed by atoms with E-state index >= 15 is 0 Å². The zero-order valence-electron chi connectivity index (χ0n) is 11.0. The maximum absolute atomic E-state index is 12.2. The van der Waals surface area contributed by atoms with Gasteiger partial charge in [0.2, 0.25) is 11.7 Å². The van der Waals surface area contributed by atoms with Crippen molar-refractivity contribution >= 4 is 11.6 Å². The molecule has 7 nitrogen and oxygen atoms in total. The van der Waals surface area contributed by atoms with Crippen molar-refractivity contribution in [2.24, 2.45) is 5.92 Å². The summed E-state index contributed by atoms with van der Waals surface area (Å²) in [5.74, 6) is 0.612. The van der Waals surface area contributed by atoms with Crippen LogP contribution in [-0.2, 0) is 4.79 Å². The summed E-state index contributed by atoms with van der Waals surface area (Å²) in [6.45, 7) is 1.74. The third-order valence-corrected chi connectivity index (χ3v) is 3.40. The van der Waals surface area contributed by atoms with Gasteiger partial charge in [-0.15, -0.1) is 10.2 Å². The average molecular weight is 272 g/mol. The number of piperidine rings is 1. The maximum atomic E-state index is 12.2. The summed E-state index contributed by atoms with van der Waals surface area (Å²) < 4.78 is 0. The second-order valence-electron chi connectivity index (χ2n) is 4.85. The van der Waals surface area contributed by atoms with E-state index in [0.717, 1.165) is 37.2 Å². The van der Waals surface area contributed by atoms with Gasteiger partial charge in [-0.3, -0.25) is 4.79 Å². The minimum absolute atomic E-state index is 0.0394. The first-order valence-corrected chi connectivity index (χ1v) is 6.68. The number of anilines is 1. The highest BCUT2D eigenvalue weighted by atomic mass is 16.1. The van der Waals surface area contributed by atoms with Crippen molar-refractivity contribution in [3.8, 4) is 11.4 Å². The Morgan fingerprint density at radius 2 is 2.35 bits per heavy atom. The molecule has 7 heteroatoms. The molecule has 0 spiro atoms. The summed E-state index contributed by atoms with van der Waals surface area (Å²) in [7, 11) is 0. The summed E-state index contributed by atoms with van der Waals surface area (Å²) >= 11 is 0. The number of nitrogens with one attached hydrogen (secondary N) is 3. The molecule has 3 rings (SSSR count). The molecule has 1 amide bonds. The van der Waals surface area contributed by atoms with Crippen LogP contribution in [0.15, 0.2) is 24.3 Å². The van der Waals surface area contributed by atoms with Crippen LogP contribution in [-0.4, -0.2) is 39.6 Å². The van der Waals surface area contributed by atoms with E-state index in [4.69, 9.17) is 0 Å². The zero-order chi connectivity index (χ0) is 13.8. The molecule has 0 bridgehead atoms. The number of tetrazole rings is 1. The Hall–Kier alpha value is -2.28. The highest BCUT2D eigenvalue weighted by Gasteiger charge is 2.20. The minimum atomic E-state index is 0.0394. The van der Waals surface area contributed by atoms with Crippen molar-refractivity contribution in [3.63, 3.8) is 0 Å². The number of nitrogens with zero attached hydrogens (tertiary/aromatic N) is 3. The van der Waals surface area contributed by atoms with E-state index in [1.54, 1.807) is 0 Å². The van der Waals surface area contributed by atoms with Gasteiger partial charge in [-0.25, -0.2) is 0 Å². The first-order chi connectivity index (χ1) is 9.83. The molecule has 1 fully saturated rings. The Bertz CT molecular complexity index is 576. The van der Waals surface area contributed by atoms with Gasteiger partial charge in [0, 0.05) is 17.8 Å². The van der Waals surface area contributed by atoms with E-state index in [1.165, 1.54) is 0 Å². The molecule has 1 aliphatic rings. The van der Waals surface area contributed by atoms with Gasteiger partial charge < -0.3 is 10.6 Å². The summed E-state index contributed by atoms with van der Waals surface area (Å²) in [4.78, 5) is 12.2. The van der Waals surface area contributed by atoms with E-state index in [0.29, 0.717) is 5.82 Å². The lowest BCUT2D eigenvalue weighted by Gasteiger charge is -2.21. The number of aromatic nitrogens is 4. The number of carbonyl (C=O) groups is 1. The number of hydrogen-bond acceptors (Lipinski definition) is 5. The molecule has 0 aliphatic carbocycles. The number of H-pyrrole nitrogens is 1. The quantitative estimate of drug-likeness (QED) is 0.768. The van der Waals surface area contributed by atoms with Gasteiger partial charge in [0.1, 0.15) is 0 Å². The predicted octanol–water partition coefficient (Wildman–Crippen LogP) is 0.805. The Labute approximate surface area is 116 Å². The van der Waals surface area contributed by atoms with Crippen LogP contribution >= 0.6 is 0 Å². The van der Waals surface area contributed by atoms with Crippen LogP contribution in [0.3, 0.4) is 0 Å². The van der Waals surface area contributed by atoms with Gasteiger partial charge in [0.25, 0.3) is 0 Å². The number of aromatic amines is 1. The Morgan fingerprint density at radius 1 is 1.40 bits per heavy atom. The molecule has 2 aromatic rings. The van der Waals surface area contributed by atoms with E-state index < -0.39 is 0 Å². The summed E-state index contributed by atoms with van der Waals surface area (Å²) in [6.07, 6.45) is 1.98. The molecule has 0 radical (unpaired) electrons. The second-order valence-corrected chi connectivity index (χ2v) is 4.85. The first-order valence-electron chi connectivity index (χ1n) is 6.68. The van der Waals surface area contributed by atoms with E-state index in [1.807, 2.05) is 24.3 Å². The van der Waals surface area contributed by atoms with E-state index in [9.17, 15) is 4.79 Å². The molecule has 0 saturated carbocycles. The van der Waals surface area contributed by atoms with Crippen molar-refractivity contribution < 1.29 is 4.79 Å². The van der Waals surface area contributed by atoms with Gasteiger partial charge in [-0.1, -0.05) is 12.1 Å². The lowest BCUT2D eigenvalue weighted by atomic mass is 9.99. The molecule has 104 valence electrons. The molecule has 1 aliphatic heterocycles. The van der Waals surface area contributed by atoms with Crippen LogP contribution in [0.25, 0.3) is 11.4 Å². The molecule has 1 unspecified atom stereocenters. The lowest BCUT2D eigenvalue weighted by Crippen LogP contribution is -2.37. The molecule has 3 N–H and O–H groups in total. The van der Waals surface area contributed by atoms with Crippen molar-refractivity contribution in [1.29, 1.82) is 0 Å². The number of carbonyl (C=O) groups excluding carboxylic acids is 1. The van der Waals surface area contributed by atoms with Crippen molar-refractivity contribution in [3.05, 3.63) is 24.3 Å². The Morgan fingerprint density at radius 3 is 3.10 bits per heavy atom. The van der Waals surface area contributed by atoms with Crippen molar-refractivity contribution in [2.75, 3.05) is 18.4 Å². The number of benzene rings is 1. The summed E-state index contributed by atoms with van der Waals surface area (Å²) in [5.41, 5.74) is 1.57. The largest absolute Gasteiger partial charge is 0.326 e. The van der Waals surface area contributed by atoms with Crippen LogP contribution in [0.1, 0.15) is 12.8 Å². The molecule has 1 atom stereocenters. The van der Waals surface area contributed by atoms with Crippen molar-refractivity contribution in [2.45, 2.75) is 12.8 Å². The fraction of sp³-hybridized carbons (Fsp3) is 0.385. The first kappa shape index (κ1) is 12.7. The fourth-order valence-corrected chi connectivity index (χ4v) is 2.34. The van der Waals surface area contributed by atoms with Gasteiger partial charge in [0.15, 0.2) is 0 Å². The van der Waals surface area contributed by atoms with Crippen LogP contribution in [0, 0.1) is 5.92 Å². The standard InChI is InChI=1S/C13H16N6O/c20-13(10-4-2-6-14-8-10)15-11-5-1-3-9(7-11)12-16-18-19-17-12/h1,3,5,7,10,14H,2,4,6,8H2,(H,15,20)(H,16,17,18,19). The predicted molar refractivity (Wildman–Crippen MR) is 73.8 cm³/mol. The SMILES string of the molecule is O=C(Nc1cccc(-c2nn[nH]n2)c1)C1CCCNC1. The van der Waals surface area contributed by atoms with Gasteiger partial charge in [-0.05, 0) is 36.7 Å². The monoisotopic (exact) mass is 272 g/mol. The highest BCUT2D eigenvalue weighted by molar-refractivity contribution is 5.93. The molecule has 1 saturated heterocycles. The molecular weight excluding hydrogens is 256 g/mol. The van der Waals surface area contributed by atoms with Gasteiger partial charge in [0.05, 0.1) is 5.92 Å². The smallest absolute Gasteiger partial charge is 0.228 e. The number of rotatable bonds is 3. The lowest BCUT2D eigenvalue weighted by molar-refractivity contribution is -0.120. The number of hydrogen-bond donors (Lipinski definition) is 3. The maximum Gasteiger partial charge on any atom is 0.228 e. The summed E-state index contributed by atoms with van der Waals surface area (Å²) in [5, 5.41) is 20.0. The van der Waals surface area contributed by atoms with Gasteiger partial charge in [-0.2, -0.15) is 5.21 Å². The van der Waals surface area contributed by atoms with Crippen LogP contribution in [0.2, 0.25) is 0 Å². The Kier molecular flexibility index (Phi) is 3.69.